The van der Waals surface area contributed by atoms with Crippen molar-refractivity contribution in [2.75, 3.05) is 5.32 Å². The van der Waals surface area contributed by atoms with E-state index in [0.29, 0.717) is 23.0 Å². The van der Waals surface area contributed by atoms with E-state index in [2.05, 4.69) is 5.32 Å². The zero-order valence-corrected chi connectivity index (χ0v) is 18.9. The smallest absolute Gasteiger partial charge is 0.308 e. The number of fused-ring (bicyclic) bond motifs is 6. The van der Waals surface area contributed by atoms with Crippen molar-refractivity contribution in [3.05, 3.63) is 68.5 Å². The third-order valence-electron chi connectivity index (χ3n) is 7.26. The summed E-state index contributed by atoms with van der Waals surface area (Å²) < 4.78 is 7.57. The van der Waals surface area contributed by atoms with Crippen LogP contribution in [-0.2, 0) is 11.3 Å². The van der Waals surface area contributed by atoms with Crippen LogP contribution in [0.3, 0.4) is 0 Å². The molecule has 0 radical (unpaired) electrons. The first-order valence-electron chi connectivity index (χ1n) is 10.9. The summed E-state index contributed by atoms with van der Waals surface area (Å²) in [5.41, 5.74) is 1.80. The SMILES string of the molecule is Cc1ccccc1NC(=O)Cn1c2c(sc1=O)[C@@H](c1ccco1)C1C3CCC(C3)C1S2. The van der Waals surface area contributed by atoms with Crippen LogP contribution in [0.5, 0.6) is 0 Å². The predicted molar refractivity (Wildman–Crippen MR) is 123 cm³/mol. The number of nitrogens with zero attached hydrogens (tertiary/aromatic N) is 1. The van der Waals surface area contributed by atoms with Gasteiger partial charge in [0.1, 0.15) is 12.3 Å². The predicted octanol–water partition coefficient (Wildman–Crippen LogP) is 5.10. The van der Waals surface area contributed by atoms with Gasteiger partial charge in [0.2, 0.25) is 5.91 Å². The fourth-order valence-corrected chi connectivity index (χ4v) is 9.05. The van der Waals surface area contributed by atoms with Crippen LogP contribution in [0.2, 0.25) is 0 Å². The van der Waals surface area contributed by atoms with Crippen molar-refractivity contribution >= 4 is 34.7 Å². The van der Waals surface area contributed by atoms with Gasteiger partial charge in [-0.2, -0.15) is 0 Å². The molecular weight excluding hydrogens is 428 g/mol. The van der Waals surface area contributed by atoms with Gasteiger partial charge in [-0.15, -0.1) is 11.8 Å². The Morgan fingerprint density at radius 3 is 2.84 bits per heavy atom. The molecule has 3 heterocycles. The van der Waals surface area contributed by atoms with E-state index in [1.807, 2.05) is 55.1 Å². The molecule has 1 aliphatic heterocycles. The quantitative estimate of drug-likeness (QED) is 0.598. The van der Waals surface area contributed by atoms with Crippen LogP contribution in [0.15, 0.2) is 56.9 Å². The lowest BCUT2D eigenvalue weighted by Gasteiger charge is -2.39. The zero-order valence-electron chi connectivity index (χ0n) is 17.2. The number of rotatable bonds is 4. The first kappa shape index (κ1) is 19.4. The Kier molecular flexibility index (Phi) is 4.65. The minimum absolute atomic E-state index is 0.0440. The van der Waals surface area contributed by atoms with Crippen molar-refractivity contribution in [3.8, 4) is 0 Å². The first-order chi connectivity index (χ1) is 15.1. The second-order valence-corrected chi connectivity index (χ2v) is 11.1. The lowest BCUT2D eigenvalue weighted by Crippen LogP contribution is -2.34. The minimum atomic E-state index is -0.165. The van der Waals surface area contributed by atoms with Gasteiger partial charge in [0.05, 0.1) is 22.1 Å². The average molecular weight is 453 g/mol. The van der Waals surface area contributed by atoms with Crippen molar-refractivity contribution in [2.45, 2.75) is 48.9 Å². The number of thiazole rings is 1. The highest BCUT2D eigenvalue weighted by atomic mass is 32.2. The Hall–Kier alpha value is -2.25. The minimum Gasteiger partial charge on any atom is -0.469 e. The Balaban J connectivity index is 1.36. The molecule has 1 N–H and O–H groups in total. The monoisotopic (exact) mass is 452 g/mol. The van der Waals surface area contributed by atoms with Gasteiger partial charge in [-0.05, 0) is 67.7 Å². The highest BCUT2D eigenvalue weighted by Gasteiger charge is 2.55. The maximum absolute atomic E-state index is 13.0. The number of carbonyl (C=O) groups is 1. The van der Waals surface area contributed by atoms with Crippen LogP contribution < -0.4 is 10.2 Å². The highest BCUT2D eigenvalue weighted by Crippen LogP contribution is 2.64. The number of para-hydroxylation sites is 1. The first-order valence-corrected chi connectivity index (χ1v) is 12.6. The summed E-state index contributed by atoms with van der Waals surface area (Å²) in [6, 6.07) is 11.7. The molecule has 0 spiro atoms. The summed E-state index contributed by atoms with van der Waals surface area (Å²) in [7, 11) is 0. The molecule has 5 atom stereocenters. The molecule has 2 bridgehead atoms. The van der Waals surface area contributed by atoms with E-state index in [0.717, 1.165) is 26.9 Å². The second-order valence-electron chi connectivity index (χ2n) is 8.97. The van der Waals surface area contributed by atoms with E-state index in [-0.39, 0.29) is 23.2 Å². The number of aryl methyl sites for hydroxylation is 1. The zero-order chi connectivity index (χ0) is 21.1. The molecular formula is C24H24N2O3S2. The van der Waals surface area contributed by atoms with Crippen LogP contribution >= 0.6 is 23.1 Å². The molecule has 7 heteroatoms. The van der Waals surface area contributed by atoms with Crippen molar-refractivity contribution in [2.24, 2.45) is 17.8 Å². The molecule has 2 fully saturated rings. The molecule has 1 aromatic carbocycles. The summed E-state index contributed by atoms with van der Waals surface area (Å²) in [5, 5.41) is 4.45. The number of hydrogen-bond acceptors (Lipinski definition) is 5. The number of anilines is 1. The second kappa shape index (κ2) is 7.41. The van der Waals surface area contributed by atoms with Crippen molar-refractivity contribution in [1.82, 2.24) is 4.57 Å². The lowest BCUT2D eigenvalue weighted by atomic mass is 9.77. The summed E-state index contributed by atoms with van der Waals surface area (Å²) >= 11 is 3.14. The Morgan fingerprint density at radius 1 is 1.19 bits per heavy atom. The van der Waals surface area contributed by atoms with Gasteiger partial charge in [0.25, 0.3) is 0 Å². The number of amides is 1. The molecule has 5 nitrogen and oxygen atoms in total. The molecule has 0 saturated heterocycles. The maximum Gasteiger partial charge on any atom is 0.308 e. The van der Waals surface area contributed by atoms with Crippen LogP contribution in [0.25, 0.3) is 0 Å². The molecule has 2 aliphatic carbocycles. The molecule has 2 saturated carbocycles. The summed E-state index contributed by atoms with van der Waals surface area (Å²) in [5.74, 6) is 2.86. The van der Waals surface area contributed by atoms with E-state index in [4.69, 9.17) is 4.42 Å². The summed E-state index contributed by atoms with van der Waals surface area (Å²) in [6.07, 6.45) is 5.58. The third kappa shape index (κ3) is 3.12. The Bertz CT molecular complexity index is 1200. The number of hydrogen-bond donors (Lipinski definition) is 1. The van der Waals surface area contributed by atoms with Crippen molar-refractivity contribution in [1.29, 1.82) is 0 Å². The molecule has 3 aromatic rings. The maximum atomic E-state index is 13.0. The van der Waals surface area contributed by atoms with E-state index >= 15 is 0 Å². The van der Waals surface area contributed by atoms with E-state index in [1.54, 1.807) is 10.8 Å². The highest BCUT2D eigenvalue weighted by molar-refractivity contribution is 8.00. The van der Waals surface area contributed by atoms with Gasteiger partial charge in [-0.3, -0.25) is 14.2 Å². The fraction of sp³-hybridized carbons (Fsp3) is 0.417. The topological polar surface area (TPSA) is 64.2 Å². The molecule has 3 aliphatic rings. The van der Waals surface area contributed by atoms with Gasteiger partial charge in [-0.25, -0.2) is 0 Å². The lowest BCUT2D eigenvalue weighted by molar-refractivity contribution is -0.116. The summed E-state index contributed by atoms with van der Waals surface area (Å²) in [4.78, 5) is 26.9. The van der Waals surface area contributed by atoms with Crippen molar-refractivity contribution in [3.63, 3.8) is 0 Å². The van der Waals surface area contributed by atoms with Crippen molar-refractivity contribution < 1.29 is 9.21 Å². The number of nitrogens with one attached hydrogen (secondary N) is 1. The van der Waals surface area contributed by atoms with Crippen LogP contribution in [0.1, 0.15) is 41.4 Å². The number of thioether (sulfide) groups is 1. The van der Waals surface area contributed by atoms with Gasteiger partial charge in [0, 0.05) is 10.9 Å². The van der Waals surface area contributed by atoms with Crippen LogP contribution in [-0.4, -0.2) is 15.7 Å². The Morgan fingerprint density at radius 2 is 2.03 bits per heavy atom. The molecule has 2 aromatic heterocycles. The molecule has 4 unspecified atom stereocenters. The molecule has 1 amide bonds. The van der Waals surface area contributed by atoms with Gasteiger partial charge in [-0.1, -0.05) is 29.5 Å². The number of carbonyl (C=O) groups excluding carboxylic acids is 1. The standard InChI is InChI=1S/C24H24N2O3S2/c1-13-5-2-3-6-16(13)25-18(27)12-26-23-22(31-24(26)28)20(17-7-4-10-29-17)19-14-8-9-15(11-14)21(19)30-23/h2-7,10,14-15,19-21H,8-9,11-12H2,1H3,(H,25,27)/t14?,15?,19?,20-,21?/m0/s1. The third-order valence-corrected chi connectivity index (χ3v) is 10.1. The normalized spacial score (nSPS) is 28.4. The number of aromatic nitrogens is 1. The van der Waals surface area contributed by atoms with Crippen LogP contribution in [0, 0.1) is 24.7 Å². The van der Waals surface area contributed by atoms with Gasteiger partial charge >= 0.3 is 4.87 Å². The van der Waals surface area contributed by atoms with E-state index < -0.39 is 0 Å². The largest absolute Gasteiger partial charge is 0.469 e. The van der Waals surface area contributed by atoms with Crippen LogP contribution in [0.4, 0.5) is 5.69 Å². The molecule has 6 rings (SSSR count). The number of furan rings is 1. The molecule has 160 valence electrons. The number of benzene rings is 1. The van der Waals surface area contributed by atoms with Gasteiger partial charge < -0.3 is 9.73 Å². The Labute approximate surface area is 188 Å². The van der Waals surface area contributed by atoms with Gasteiger partial charge in [0.15, 0.2) is 0 Å². The van der Waals surface area contributed by atoms with E-state index in [9.17, 15) is 9.59 Å². The van der Waals surface area contributed by atoms with E-state index in [1.165, 1.54) is 30.6 Å². The summed E-state index contributed by atoms with van der Waals surface area (Å²) in [6.45, 7) is 2.01. The average Bonchev–Trinajstić information content (AvgIpc) is 3.54. The fourth-order valence-electron chi connectivity index (χ4n) is 5.92. The molecule has 31 heavy (non-hydrogen) atoms.